The smallest absolute Gasteiger partial charge is 0.227 e. The average Bonchev–Trinajstić information content (AvgIpc) is 2.89. The van der Waals surface area contributed by atoms with E-state index in [0.29, 0.717) is 12.3 Å². The Morgan fingerprint density at radius 1 is 1.62 bits per heavy atom. The molecule has 0 bridgehead atoms. The van der Waals surface area contributed by atoms with Crippen LogP contribution in [0.25, 0.3) is 0 Å². The van der Waals surface area contributed by atoms with Crippen LogP contribution < -0.4 is 0 Å². The van der Waals surface area contributed by atoms with Gasteiger partial charge in [-0.15, -0.1) is 11.3 Å². The van der Waals surface area contributed by atoms with Gasteiger partial charge in [0.2, 0.25) is 5.91 Å². The number of aliphatic hydroxyl groups is 1. The van der Waals surface area contributed by atoms with E-state index in [1.165, 1.54) is 0 Å². The first kappa shape index (κ1) is 11.6. The zero-order valence-electron chi connectivity index (χ0n) is 9.26. The van der Waals surface area contributed by atoms with E-state index in [1.807, 2.05) is 22.4 Å². The Labute approximate surface area is 99.7 Å². The molecule has 0 aliphatic carbocycles. The van der Waals surface area contributed by atoms with E-state index in [-0.39, 0.29) is 12.5 Å². The van der Waals surface area contributed by atoms with E-state index in [9.17, 15) is 4.79 Å². The van der Waals surface area contributed by atoms with Gasteiger partial charge in [-0.3, -0.25) is 4.79 Å². The first-order valence-corrected chi connectivity index (χ1v) is 6.58. The van der Waals surface area contributed by atoms with Crippen LogP contribution in [0.2, 0.25) is 0 Å². The van der Waals surface area contributed by atoms with E-state index in [1.54, 1.807) is 11.3 Å². The van der Waals surface area contributed by atoms with Gasteiger partial charge in [0, 0.05) is 24.6 Å². The maximum absolute atomic E-state index is 11.9. The van der Waals surface area contributed by atoms with Crippen molar-refractivity contribution in [3.05, 3.63) is 22.4 Å². The third-order valence-corrected chi connectivity index (χ3v) is 3.96. The maximum atomic E-state index is 11.9. The van der Waals surface area contributed by atoms with Crippen molar-refractivity contribution in [2.45, 2.75) is 19.3 Å². The third kappa shape index (κ3) is 2.83. The fraction of sp³-hybridized carbons (Fsp3) is 0.583. The molecular weight excluding hydrogens is 222 g/mol. The highest BCUT2D eigenvalue weighted by Gasteiger charge is 2.25. The fourth-order valence-corrected chi connectivity index (χ4v) is 2.85. The minimum atomic E-state index is 0.225. The van der Waals surface area contributed by atoms with Crippen LogP contribution in [0, 0.1) is 5.92 Å². The highest BCUT2D eigenvalue weighted by atomic mass is 32.1. The van der Waals surface area contributed by atoms with Gasteiger partial charge in [0.05, 0.1) is 6.42 Å². The molecule has 1 aromatic heterocycles. The Morgan fingerprint density at radius 3 is 3.19 bits per heavy atom. The summed E-state index contributed by atoms with van der Waals surface area (Å²) < 4.78 is 0. The summed E-state index contributed by atoms with van der Waals surface area (Å²) in [6, 6.07) is 3.98. The first-order chi connectivity index (χ1) is 7.79. The van der Waals surface area contributed by atoms with Gasteiger partial charge in [-0.2, -0.15) is 0 Å². The normalized spacial score (nSPS) is 20.3. The lowest BCUT2D eigenvalue weighted by molar-refractivity contribution is -0.129. The minimum absolute atomic E-state index is 0.225. The van der Waals surface area contributed by atoms with Crippen molar-refractivity contribution in [2.75, 3.05) is 19.7 Å². The molecule has 1 saturated heterocycles. The number of thiophene rings is 1. The van der Waals surface area contributed by atoms with E-state index in [2.05, 4.69) is 0 Å². The van der Waals surface area contributed by atoms with Gasteiger partial charge in [-0.05, 0) is 30.2 Å². The van der Waals surface area contributed by atoms with Crippen LogP contribution in [0.1, 0.15) is 17.7 Å². The molecule has 1 N–H and O–H groups in total. The summed E-state index contributed by atoms with van der Waals surface area (Å²) in [4.78, 5) is 15.0. The highest BCUT2D eigenvalue weighted by Crippen LogP contribution is 2.20. The minimum Gasteiger partial charge on any atom is -0.396 e. The van der Waals surface area contributed by atoms with Gasteiger partial charge in [0.15, 0.2) is 0 Å². The van der Waals surface area contributed by atoms with Crippen LogP contribution >= 0.6 is 11.3 Å². The summed E-state index contributed by atoms with van der Waals surface area (Å²) in [6.45, 7) is 1.91. The van der Waals surface area contributed by atoms with Crippen LogP contribution in [0.5, 0.6) is 0 Å². The Hall–Kier alpha value is -0.870. The zero-order valence-corrected chi connectivity index (χ0v) is 10.1. The number of nitrogens with zero attached hydrogens (tertiary/aromatic N) is 1. The Kier molecular flexibility index (Phi) is 3.96. The van der Waals surface area contributed by atoms with Crippen LogP contribution in [-0.2, 0) is 11.2 Å². The molecule has 88 valence electrons. The molecule has 4 heteroatoms. The number of likely N-dealkylation sites (tertiary alicyclic amines) is 1. The standard InChI is InChI=1S/C12H17NO2S/c14-6-4-10-3-5-13(9-10)12(15)8-11-2-1-7-16-11/h1-2,7,10,14H,3-6,8-9H2. The van der Waals surface area contributed by atoms with Crippen molar-refractivity contribution in [3.8, 4) is 0 Å². The monoisotopic (exact) mass is 239 g/mol. The van der Waals surface area contributed by atoms with Gasteiger partial charge in [0.1, 0.15) is 0 Å². The molecule has 0 radical (unpaired) electrons. The van der Waals surface area contributed by atoms with Crippen molar-refractivity contribution in [1.29, 1.82) is 0 Å². The molecule has 1 aromatic rings. The molecule has 2 rings (SSSR count). The van der Waals surface area contributed by atoms with E-state index in [0.717, 1.165) is 30.8 Å². The van der Waals surface area contributed by atoms with E-state index < -0.39 is 0 Å². The number of hydrogen-bond donors (Lipinski definition) is 1. The maximum Gasteiger partial charge on any atom is 0.227 e. The predicted octanol–water partition coefficient (Wildman–Crippen LogP) is 1.52. The molecule has 1 amide bonds. The van der Waals surface area contributed by atoms with Crippen LogP contribution in [-0.4, -0.2) is 35.6 Å². The van der Waals surface area contributed by atoms with Crippen molar-refractivity contribution >= 4 is 17.2 Å². The highest BCUT2D eigenvalue weighted by molar-refractivity contribution is 7.10. The molecular formula is C12H17NO2S. The van der Waals surface area contributed by atoms with Crippen LogP contribution in [0.3, 0.4) is 0 Å². The summed E-state index contributed by atoms with van der Waals surface area (Å²) in [5.74, 6) is 0.722. The van der Waals surface area contributed by atoms with Gasteiger partial charge in [-0.1, -0.05) is 6.07 Å². The number of amides is 1. The summed E-state index contributed by atoms with van der Waals surface area (Å²) in [6.07, 6.45) is 2.39. The molecule has 0 aromatic carbocycles. The number of hydrogen-bond acceptors (Lipinski definition) is 3. The SMILES string of the molecule is O=C(Cc1cccs1)N1CCC(CCO)C1. The summed E-state index contributed by atoms with van der Waals surface area (Å²) in [7, 11) is 0. The van der Waals surface area contributed by atoms with Gasteiger partial charge >= 0.3 is 0 Å². The second-order valence-corrected chi connectivity index (χ2v) is 5.30. The van der Waals surface area contributed by atoms with E-state index >= 15 is 0 Å². The molecule has 1 unspecified atom stereocenters. The topological polar surface area (TPSA) is 40.5 Å². The van der Waals surface area contributed by atoms with Crippen molar-refractivity contribution in [1.82, 2.24) is 4.90 Å². The number of rotatable bonds is 4. The van der Waals surface area contributed by atoms with E-state index in [4.69, 9.17) is 5.11 Å². The zero-order chi connectivity index (χ0) is 11.4. The number of carbonyl (C=O) groups excluding carboxylic acids is 1. The van der Waals surface area contributed by atoms with Crippen molar-refractivity contribution in [3.63, 3.8) is 0 Å². The molecule has 1 aliphatic rings. The number of aliphatic hydroxyl groups excluding tert-OH is 1. The van der Waals surface area contributed by atoms with Crippen LogP contribution in [0.15, 0.2) is 17.5 Å². The molecule has 2 heterocycles. The summed E-state index contributed by atoms with van der Waals surface area (Å²) in [5, 5.41) is 10.9. The number of carbonyl (C=O) groups is 1. The fourth-order valence-electron chi connectivity index (χ4n) is 2.15. The van der Waals surface area contributed by atoms with Gasteiger partial charge < -0.3 is 10.0 Å². The largest absolute Gasteiger partial charge is 0.396 e. The lowest BCUT2D eigenvalue weighted by Crippen LogP contribution is -2.29. The van der Waals surface area contributed by atoms with Crippen LogP contribution in [0.4, 0.5) is 0 Å². The summed E-state index contributed by atoms with van der Waals surface area (Å²) in [5.41, 5.74) is 0. The quantitative estimate of drug-likeness (QED) is 0.865. The second-order valence-electron chi connectivity index (χ2n) is 4.26. The summed E-state index contributed by atoms with van der Waals surface area (Å²) >= 11 is 1.63. The van der Waals surface area contributed by atoms with Crippen molar-refractivity contribution < 1.29 is 9.90 Å². The Morgan fingerprint density at radius 2 is 2.50 bits per heavy atom. The molecule has 3 nitrogen and oxygen atoms in total. The Bertz CT molecular complexity index is 337. The third-order valence-electron chi connectivity index (χ3n) is 3.08. The predicted molar refractivity (Wildman–Crippen MR) is 64.4 cm³/mol. The van der Waals surface area contributed by atoms with Crippen molar-refractivity contribution in [2.24, 2.45) is 5.92 Å². The molecule has 0 saturated carbocycles. The van der Waals surface area contributed by atoms with Gasteiger partial charge in [-0.25, -0.2) is 0 Å². The lowest BCUT2D eigenvalue weighted by atomic mass is 10.1. The first-order valence-electron chi connectivity index (χ1n) is 5.70. The lowest BCUT2D eigenvalue weighted by Gasteiger charge is -2.15. The Balaban J connectivity index is 1.83. The second kappa shape index (κ2) is 5.46. The molecule has 16 heavy (non-hydrogen) atoms. The molecule has 1 aliphatic heterocycles. The van der Waals surface area contributed by atoms with Gasteiger partial charge in [0.25, 0.3) is 0 Å². The molecule has 1 fully saturated rings. The molecule has 0 spiro atoms. The molecule has 1 atom stereocenters. The average molecular weight is 239 g/mol.